The summed E-state index contributed by atoms with van der Waals surface area (Å²) in [6.45, 7) is 6.71. The lowest BCUT2D eigenvalue weighted by Gasteiger charge is -2.09. The first-order valence-corrected chi connectivity index (χ1v) is 5.20. The van der Waals surface area contributed by atoms with Crippen LogP contribution in [0, 0.1) is 0 Å². The van der Waals surface area contributed by atoms with Gasteiger partial charge in [0.05, 0.1) is 6.61 Å². The number of unbranched alkanes of at least 4 members (excludes halogenated alkanes) is 1. The Balaban J connectivity index is 2.59. The van der Waals surface area contributed by atoms with E-state index in [4.69, 9.17) is 4.74 Å². The van der Waals surface area contributed by atoms with Gasteiger partial charge >= 0.3 is 0 Å². The number of ether oxygens (including phenoxy) is 1. The number of para-hydroxylation sites is 1. The van der Waals surface area contributed by atoms with Gasteiger partial charge in [0, 0.05) is 0 Å². The van der Waals surface area contributed by atoms with Crippen molar-refractivity contribution < 1.29 is 4.74 Å². The molecule has 0 aliphatic heterocycles. The Morgan fingerprint density at radius 3 is 2.86 bits per heavy atom. The van der Waals surface area contributed by atoms with E-state index in [1.807, 2.05) is 24.3 Å². The van der Waals surface area contributed by atoms with Gasteiger partial charge in [-0.1, -0.05) is 37.6 Å². The fourth-order valence-corrected chi connectivity index (χ4v) is 1.30. The van der Waals surface area contributed by atoms with Crippen molar-refractivity contribution in [2.24, 2.45) is 0 Å². The lowest BCUT2D eigenvalue weighted by atomic mass is 10.1. The number of rotatable bonds is 6. The van der Waals surface area contributed by atoms with Crippen LogP contribution in [0.3, 0.4) is 0 Å². The first-order chi connectivity index (χ1) is 6.88. The Labute approximate surface area is 86.4 Å². The van der Waals surface area contributed by atoms with E-state index in [1.54, 1.807) is 0 Å². The minimum atomic E-state index is 0.810. The number of allylic oxidation sites excluding steroid dienone is 1. The Kier molecular flexibility index (Phi) is 4.84. The van der Waals surface area contributed by atoms with Crippen molar-refractivity contribution in [3.05, 3.63) is 42.5 Å². The van der Waals surface area contributed by atoms with Crippen LogP contribution in [0.25, 0.3) is 0 Å². The van der Waals surface area contributed by atoms with Crippen molar-refractivity contribution in [1.82, 2.24) is 0 Å². The molecule has 0 bridgehead atoms. The van der Waals surface area contributed by atoms with Crippen LogP contribution in [0.5, 0.6) is 5.75 Å². The minimum absolute atomic E-state index is 0.810. The van der Waals surface area contributed by atoms with Gasteiger partial charge in [0.25, 0.3) is 0 Å². The van der Waals surface area contributed by atoms with Crippen LogP contribution in [0.15, 0.2) is 36.9 Å². The average Bonchev–Trinajstić information content (AvgIpc) is 2.21. The van der Waals surface area contributed by atoms with Crippen molar-refractivity contribution >= 4 is 0 Å². The van der Waals surface area contributed by atoms with E-state index in [-0.39, 0.29) is 0 Å². The van der Waals surface area contributed by atoms with Gasteiger partial charge in [-0.2, -0.15) is 0 Å². The Morgan fingerprint density at radius 2 is 2.14 bits per heavy atom. The predicted molar refractivity (Wildman–Crippen MR) is 60.7 cm³/mol. The topological polar surface area (TPSA) is 9.23 Å². The van der Waals surface area contributed by atoms with Gasteiger partial charge < -0.3 is 4.74 Å². The lowest BCUT2D eigenvalue weighted by molar-refractivity contribution is 0.307. The molecular formula is C13H18O. The molecule has 1 rings (SSSR count). The molecule has 0 unspecified atom stereocenters. The SMILES string of the molecule is C=CCc1ccccc1OCCCC. The second-order valence-corrected chi connectivity index (χ2v) is 3.30. The van der Waals surface area contributed by atoms with Crippen LogP contribution in [-0.2, 0) is 6.42 Å². The van der Waals surface area contributed by atoms with E-state index in [0.717, 1.165) is 25.2 Å². The second-order valence-electron chi connectivity index (χ2n) is 3.30. The highest BCUT2D eigenvalue weighted by atomic mass is 16.5. The number of hydrogen-bond donors (Lipinski definition) is 0. The molecule has 0 radical (unpaired) electrons. The Morgan fingerprint density at radius 1 is 1.36 bits per heavy atom. The molecule has 0 amide bonds. The van der Waals surface area contributed by atoms with E-state index < -0.39 is 0 Å². The maximum Gasteiger partial charge on any atom is 0.122 e. The molecule has 0 fully saturated rings. The fourth-order valence-electron chi connectivity index (χ4n) is 1.30. The highest BCUT2D eigenvalue weighted by molar-refractivity contribution is 5.34. The average molecular weight is 190 g/mol. The largest absolute Gasteiger partial charge is 0.493 e. The molecule has 1 aromatic rings. The van der Waals surface area contributed by atoms with Crippen molar-refractivity contribution in [2.45, 2.75) is 26.2 Å². The van der Waals surface area contributed by atoms with E-state index in [2.05, 4.69) is 19.6 Å². The molecule has 1 nitrogen and oxygen atoms in total. The zero-order valence-electron chi connectivity index (χ0n) is 8.83. The molecule has 1 heteroatoms. The van der Waals surface area contributed by atoms with Gasteiger partial charge in [0.2, 0.25) is 0 Å². The molecule has 76 valence electrons. The van der Waals surface area contributed by atoms with Gasteiger partial charge in [0.1, 0.15) is 5.75 Å². The van der Waals surface area contributed by atoms with Gasteiger partial charge in [-0.25, -0.2) is 0 Å². The Hall–Kier alpha value is -1.24. The molecular weight excluding hydrogens is 172 g/mol. The molecule has 0 atom stereocenters. The van der Waals surface area contributed by atoms with Crippen LogP contribution in [0.4, 0.5) is 0 Å². The summed E-state index contributed by atoms with van der Waals surface area (Å²) in [6.07, 6.45) is 5.07. The summed E-state index contributed by atoms with van der Waals surface area (Å²) in [7, 11) is 0. The molecule has 0 saturated heterocycles. The van der Waals surface area contributed by atoms with Crippen molar-refractivity contribution in [1.29, 1.82) is 0 Å². The normalized spacial score (nSPS) is 9.79. The third kappa shape index (κ3) is 3.25. The quantitative estimate of drug-likeness (QED) is 0.492. The van der Waals surface area contributed by atoms with Crippen molar-refractivity contribution in [2.75, 3.05) is 6.61 Å². The first kappa shape index (κ1) is 10.8. The molecule has 0 saturated carbocycles. The van der Waals surface area contributed by atoms with Crippen molar-refractivity contribution in [3.63, 3.8) is 0 Å². The third-order valence-corrected chi connectivity index (χ3v) is 2.09. The molecule has 0 aliphatic rings. The molecule has 0 heterocycles. The summed E-state index contributed by atoms with van der Waals surface area (Å²) < 4.78 is 5.68. The maximum atomic E-state index is 5.68. The highest BCUT2D eigenvalue weighted by Gasteiger charge is 1.99. The van der Waals surface area contributed by atoms with E-state index in [9.17, 15) is 0 Å². The van der Waals surface area contributed by atoms with Crippen LogP contribution >= 0.6 is 0 Å². The van der Waals surface area contributed by atoms with Crippen molar-refractivity contribution in [3.8, 4) is 5.75 Å². The third-order valence-electron chi connectivity index (χ3n) is 2.09. The lowest BCUT2D eigenvalue weighted by Crippen LogP contribution is -1.99. The first-order valence-electron chi connectivity index (χ1n) is 5.20. The number of hydrogen-bond acceptors (Lipinski definition) is 1. The van der Waals surface area contributed by atoms with Crippen LogP contribution in [0.2, 0.25) is 0 Å². The minimum Gasteiger partial charge on any atom is -0.493 e. The summed E-state index contributed by atoms with van der Waals surface area (Å²) in [5.74, 6) is 1.00. The van der Waals surface area contributed by atoms with Gasteiger partial charge in [-0.05, 0) is 24.5 Å². The zero-order chi connectivity index (χ0) is 10.2. The summed E-state index contributed by atoms with van der Waals surface area (Å²) in [4.78, 5) is 0. The summed E-state index contributed by atoms with van der Waals surface area (Å²) in [5, 5.41) is 0. The number of benzene rings is 1. The van der Waals surface area contributed by atoms with Gasteiger partial charge in [-0.3, -0.25) is 0 Å². The van der Waals surface area contributed by atoms with Gasteiger partial charge in [0.15, 0.2) is 0 Å². The summed E-state index contributed by atoms with van der Waals surface area (Å²) in [6, 6.07) is 8.15. The summed E-state index contributed by atoms with van der Waals surface area (Å²) in [5.41, 5.74) is 1.22. The summed E-state index contributed by atoms with van der Waals surface area (Å²) >= 11 is 0. The van der Waals surface area contributed by atoms with E-state index in [0.29, 0.717) is 0 Å². The molecule has 14 heavy (non-hydrogen) atoms. The van der Waals surface area contributed by atoms with Crippen LogP contribution in [0.1, 0.15) is 25.3 Å². The smallest absolute Gasteiger partial charge is 0.122 e. The molecule has 0 spiro atoms. The molecule has 0 aliphatic carbocycles. The fraction of sp³-hybridized carbons (Fsp3) is 0.385. The van der Waals surface area contributed by atoms with E-state index in [1.165, 1.54) is 12.0 Å². The molecule has 0 aromatic heterocycles. The monoisotopic (exact) mass is 190 g/mol. The highest BCUT2D eigenvalue weighted by Crippen LogP contribution is 2.18. The molecule has 0 N–H and O–H groups in total. The zero-order valence-corrected chi connectivity index (χ0v) is 8.83. The van der Waals surface area contributed by atoms with Gasteiger partial charge in [-0.15, -0.1) is 6.58 Å². The Bertz CT molecular complexity index is 278. The standard InChI is InChI=1S/C13H18O/c1-3-5-11-14-13-10-7-6-9-12(13)8-4-2/h4,6-7,9-10H,2-3,5,8,11H2,1H3. The van der Waals surface area contributed by atoms with Crippen LogP contribution < -0.4 is 4.74 Å². The predicted octanol–water partition coefficient (Wildman–Crippen LogP) is 3.59. The van der Waals surface area contributed by atoms with Crippen LogP contribution in [-0.4, -0.2) is 6.61 Å². The molecule has 1 aromatic carbocycles. The maximum absolute atomic E-state index is 5.68. The second kappa shape index (κ2) is 6.25. The van der Waals surface area contributed by atoms with E-state index >= 15 is 0 Å².